The lowest BCUT2D eigenvalue weighted by atomic mass is 10.1. The van der Waals surface area contributed by atoms with Crippen LogP contribution in [0.5, 0.6) is 5.75 Å². The fourth-order valence-electron chi connectivity index (χ4n) is 2.31. The van der Waals surface area contributed by atoms with Crippen molar-refractivity contribution in [3.63, 3.8) is 0 Å². The number of hydrogen-bond acceptors (Lipinski definition) is 3. The first kappa shape index (κ1) is 12.8. The molecular formula is C13H16FNO3. The molecule has 5 heteroatoms. The Hall–Kier alpha value is -1.62. The molecule has 1 aromatic carbocycles. The Morgan fingerprint density at radius 2 is 2.28 bits per heavy atom. The molecule has 2 unspecified atom stereocenters. The van der Waals surface area contributed by atoms with Crippen LogP contribution in [0, 0.1) is 5.82 Å². The fraction of sp³-hybridized carbons (Fsp3) is 0.462. The highest BCUT2D eigenvalue weighted by Crippen LogP contribution is 2.23. The number of ether oxygens (including phenoxy) is 1. The maximum Gasteiger partial charge on any atom is 0.255 e. The number of carbonyl (C=O) groups excluding carboxylic acids is 1. The Morgan fingerprint density at radius 3 is 3.00 bits per heavy atom. The standard InChI is InChI=1S/C13H16FNO3/c1-18-12-4-2-3-10(12)15-13(17)9-7-8(14)5-6-11(9)16/h5-7,10,12,16H,2-4H2,1H3,(H,15,17). The first-order valence-electron chi connectivity index (χ1n) is 5.94. The molecule has 1 saturated carbocycles. The summed E-state index contributed by atoms with van der Waals surface area (Å²) in [6, 6.07) is 3.23. The molecule has 1 aliphatic rings. The number of benzene rings is 1. The first-order chi connectivity index (χ1) is 8.61. The van der Waals surface area contributed by atoms with Crippen LogP contribution in [0.2, 0.25) is 0 Å². The number of carbonyl (C=O) groups is 1. The van der Waals surface area contributed by atoms with Gasteiger partial charge in [-0.25, -0.2) is 4.39 Å². The third-order valence-corrected chi connectivity index (χ3v) is 3.28. The molecule has 1 aromatic rings. The van der Waals surface area contributed by atoms with Crippen molar-refractivity contribution in [3.05, 3.63) is 29.6 Å². The van der Waals surface area contributed by atoms with E-state index in [1.54, 1.807) is 7.11 Å². The lowest BCUT2D eigenvalue weighted by Crippen LogP contribution is -2.40. The van der Waals surface area contributed by atoms with Crippen LogP contribution in [0.1, 0.15) is 29.6 Å². The molecule has 98 valence electrons. The third kappa shape index (κ3) is 2.61. The van der Waals surface area contributed by atoms with Crippen LogP contribution in [-0.4, -0.2) is 30.3 Å². The minimum Gasteiger partial charge on any atom is -0.507 e. The lowest BCUT2D eigenvalue weighted by Gasteiger charge is -2.19. The Balaban J connectivity index is 2.09. The minimum atomic E-state index is -0.548. The van der Waals surface area contributed by atoms with Crippen molar-refractivity contribution in [2.45, 2.75) is 31.4 Å². The summed E-state index contributed by atoms with van der Waals surface area (Å²) in [6.07, 6.45) is 2.71. The molecule has 0 spiro atoms. The van der Waals surface area contributed by atoms with E-state index in [-0.39, 0.29) is 23.5 Å². The van der Waals surface area contributed by atoms with Crippen molar-refractivity contribution >= 4 is 5.91 Å². The number of phenolic OH excluding ortho intramolecular Hbond substituents is 1. The van der Waals surface area contributed by atoms with Crippen molar-refractivity contribution in [3.8, 4) is 5.75 Å². The van der Waals surface area contributed by atoms with Crippen molar-refractivity contribution in [2.75, 3.05) is 7.11 Å². The summed E-state index contributed by atoms with van der Waals surface area (Å²) >= 11 is 0. The largest absolute Gasteiger partial charge is 0.507 e. The number of methoxy groups -OCH3 is 1. The van der Waals surface area contributed by atoms with Crippen molar-refractivity contribution in [2.24, 2.45) is 0 Å². The summed E-state index contributed by atoms with van der Waals surface area (Å²) < 4.78 is 18.3. The molecule has 1 fully saturated rings. The molecule has 18 heavy (non-hydrogen) atoms. The van der Waals surface area contributed by atoms with E-state index >= 15 is 0 Å². The molecule has 4 nitrogen and oxygen atoms in total. The predicted octanol–water partition coefficient (Wildman–Crippen LogP) is 1.83. The zero-order valence-electron chi connectivity index (χ0n) is 10.1. The van der Waals surface area contributed by atoms with Crippen LogP contribution in [0.15, 0.2) is 18.2 Å². The molecule has 1 aliphatic carbocycles. The van der Waals surface area contributed by atoms with Crippen molar-refractivity contribution in [1.82, 2.24) is 5.32 Å². The minimum absolute atomic E-state index is 0.00958. The zero-order chi connectivity index (χ0) is 13.1. The zero-order valence-corrected chi connectivity index (χ0v) is 10.1. The molecule has 0 saturated heterocycles. The summed E-state index contributed by atoms with van der Waals surface area (Å²) in [6.45, 7) is 0. The van der Waals surface area contributed by atoms with E-state index in [1.165, 1.54) is 6.07 Å². The molecule has 0 heterocycles. The summed E-state index contributed by atoms with van der Waals surface area (Å²) in [4.78, 5) is 11.9. The molecule has 0 radical (unpaired) electrons. The van der Waals surface area contributed by atoms with E-state index in [0.29, 0.717) is 0 Å². The number of aromatic hydroxyl groups is 1. The number of hydrogen-bond donors (Lipinski definition) is 2. The summed E-state index contributed by atoms with van der Waals surface area (Å²) in [5.41, 5.74) is -0.0447. The lowest BCUT2D eigenvalue weighted by molar-refractivity contribution is 0.0720. The second-order valence-corrected chi connectivity index (χ2v) is 4.45. The SMILES string of the molecule is COC1CCCC1NC(=O)c1cc(F)ccc1O. The van der Waals surface area contributed by atoms with Gasteiger partial charge in [0.1, 0.15) is 11.6 Å². The molecule has 2 N–H and O–H groups in total. The summed E-state index contributed by atoms with van der Waals surface area (Å²) in [5, 5.41) is 12.3. The predicted molar refractivity (Wildman–Crippen MR) is 64.0 cm³/mol. The molecule has 2 rings (SSSR count). The van der Waals surface area contributed by atoms with E-state index in [1.807, 2.05) is 0 Å². The third-order valence-electron chi connectivity index (χ3n) is 3.28. The van der Waals surface area contributed by atoms with Gasteiger partial charge >= 0.3 is 0 Å². The maximum atomic E-state index is 13.0. The van der Waals surface area contributed by atoms with Gasteiger partial charge in [0.2, 0.25) is 0 Å². The Morgan fingerprint density at radius 1 is 1.50 bits per heavy atom. The van der Waals surface area contributed by atoms with E-state index in [2.05, 4.69) is 5.32 Å². The van der Waals surface area contributed by atoms with Gasteiger partial charge in [-0.1, -0.05) is 0 Å². The highest BCUT2D eigenvalue weighted by atomic mass is 19.1. The van der Waals surface area contributed by atoms with Gasteiger partial charge in [0.25, 0.3) is 5.91 Å². The first-order valence-corrected chi connectivity index (χ1v) is 5.94. The van der Waals surface area contributed by atoms with E-state index < -0.39 is 11.7 Å². The van der Waals surface area contributed by atoms with Gasteiger partial charge in [0.15, 0.2) is 0 Å². The quantitative estimate of drug-likeness (QED) is 0.864. The highest BCUT2D eigenvalue weighted by Gasteiger charge is 2.29. The van der Waals surface area contributed by atoms with Crippen LogP contribution in [-0.2, 0) is 4.74 Å². The average Bonchev–Trinajstić information content (AvgIpc) is 2.79. The molecule has 0 aromatic heterocycles. The van der Waals surface area contributed by atoms with Crippen molar-refractivity contribution < 1.29 is 19.0 Å². The van der Waals surface area contributed by atoms with Crippen LogP contribution < -0.4 is 5.32 Å². The molecule has 0 aliphatic heterocycles. The number of amides is 1. The van der Waals surface area contributed by atoms with Gasteiger partial charge in [-0.2, -0.15) is 0 Å². The fourth-order valence-corrected chi connectivity index (χ4v) is 2.31. The van der Waals surface area contributed by atoms with Gasteiger partial charge in [0.05, 0.1) is 17.7 Å². The Kier molecular flexibility index (Phi) is 3.81. The van der Waals surface area contributed by atoms with Crippen LogP contribution in [0.25, 0.3) is 0 Å². The van der Waals surface area contributed by atoms with E-state index in [0.717, 1.165) is 31.4 Å². The molecule has 0 bridgehead atoms. The number of rotatable bonds is 3. The monoisotopic (exact) mass is 253 g/mol. The molecule has 1 amide bonds. The topological polar surface area (TPSA) is 58.6 Å². The normalized spacial score (nSPS) is 23.0. The number of nitrogens with one attached hydrogen (secondary N) is 1. The van der Waals surface area contributed by atoms with Gasteiger partial charge in [0, 0.05) is 7.11 Å². The molecular weight excluding hydrogens is 237 g/mol. The number of phenols is 1. The Bertz CT molecular complexity index is 450. The van der Waals surface area contributed by atoms with Crippen molar-refractivity contribution in [1.29, 1.82) is 0 Å². The van der Waals surface area contributed by atoms with Gasteiger partial charge < -0.3 is 15.2 Å². The highest BCUT2D eigenvalue weighted by molar-refractivity contribution is 5.97. The second-order valence-electron chi connectivity index (χ2n) is 4.45. The van der Waals surface area contributed by atoms with Crippen LogP contribution >= 0.6 is 0 Å². The van der Waals surface area contributed by atoms with Gasteiger partial charge in [-0.3, -0.25) is 4.79 Å². The van der Waals surface area contributed by atoms with Gasteiger partial charge in [-0.05, 0) is 37.5 Å². The van der Waals surface area contributed by atoms with Crippen LogP contribution in [0.3, 0.4) is 0 Å². The van der Waals surface area contributed by atoms with E-state index in [4.69, 9.17) is 4.74 Å². The summed E-state index contributed by atoms with van der Waals surface area (Å²) in [5.74, 6) is -1.24. The van der Waals surface area contributed by atoms with E-state index in [9.17, 15) is 14.3 Å². The van der Waals surface area contributed by atoms with Gasteiger partial charge in [-0.15, -0.1) is 0 Å². The maximum absolute atomic E-state index is 13.0. The number of halogens is 1. The second kappa shape index (κ2) is 5.35. The average molecular weight is 253 g/mol. The smallest absolute Gasteiger partial charge is 0.255 e. The Labute approximate surface area is 105 Å². The van der Waals surface area contributed by atoms with Crippen LogP contribution in [0.4, 0.5) is 4.39 Å². The summed E-state index contributed by atoms with van der Waals surface area (Å²) in [7, 11) is 1.61. The molecule has 2 atom stereocenters.